The number of rotatable bonds is 1. The van der Waals surface area contributed by atoms with Crippen molar-refractivity contribution in [3.05, 3.63) is 62.4 Å². The topological polar surface area (TPSA) is 103 Å². The molecule has 29 heavy (non-hydrogen) atoms. The highest BCUT2D eigenvalue weighted by Gasteiger charge is 2.25. The summed E-state index contributed by atoms with van der Waals surface area (Å²) < 4.78 is 2.30. The maximum atomic E-state index is 13.1. The van der Waals surface area contributed by atoms with Gasteiger partial charge in [-0.3, -0.25) is 18.7 Å². The van der Waals surface area contributed by atoms with Gasteiger partial charge < -0.3 is 10.6 Å². The van der Waals surface area contributed by atoms with E-state index in [1.807, 2.05) is 18.2 Å². The zero-order valence-electron chi connectivity index (χ0n) is 15.9. The van der Waals surface area contributed by atoms with Crippen LogP contribution in [0.5, 0.6) is 0 Å². The minimum absolute atomic E-state index is 0. The third-order valence-electron chi connectivity index (χ3n) is 5.07. The van der Waals surface area contributed by atoms with Crippen molar-refractivity contribution in [3.8, 4) is 0 Å². The number of nitrogens with two attached hydrogens (primary N) is 1. The van der Waals surface area contributed by atoms with Crippen LogP contribution in [-0.2, 0) is 20.5 Å². The van der Waals surface area contributed by atoms with E-state index in [1.165, 1.54) is 23.9 Å². The summed E-state index contributed by atoms with van der Waals surface area (Å²) in [6, 6.07) is 7.03. The summed E-state index contributed by atoms with van der Waals surface area (Å²) in [7, 11) is 2.95. The first-order valence-electron chi connectivity index (χ1n) is 8.65. The molecular formula is C19H21Cl2N5O3. The van der Waals surface area contributed by atoms with Crippen LogP contribution in [-0.4, -0.2) is 26.6 Å². The first-order valence-corrected chi connectivity index (χ1v) is 8.65. The van der Waals surface area contributed by atoms with Crippen LogP contribution < -0.4 is 21.9 Å². The third kappa shape index (κ3) is 3.49. The van der Waals surface area contributed by atoms with Gasteiger partial charge >= 0.3 is 5.69 Å². The quantitative estimate of drug-likeness (QED) is 0.582. The Bertz CT molecular complexity index is 1220. The number of aromatic nitrogens is 3. The van der Waals surface area contributed by atoms with Gasteiger partial charge in [-0.15, -0.1) is 24.8 Å². The molecule has 0 saturated carbocycles. The zero-order valence-corrected chi connectivity index (χ0v) is 17.5. The predicted octanol–water partition coefficient (Wildman–Crippen LogP) is 1.65. The van der Waals surface area contributed by atoms with E-state index in [0.29, 0.717) is 17.8 Å². The van der Waals surface area contributed by atoms with Crippen LogP contribution in [0.15, 0.2) is 40.1 Å². The number of pyridine rings is 1. The van der Waals surface area contributed by atoms with Gasteiger partial charge in [0.25, 0.3) is 11.5 Å². The van der Waals surface area contributed by atoms with E-state index in [2.05, 4.69) is 4.98 Å². The SMILES string of the molecule is Cl.Cl.Cn1c(=O)c2cc(C(=O)N3CCCc4c(N)cccc43)cnc2n(C)c1=O. The van der Waals surface area contributed by atoms with Crippen LogP contribution in [0.2, 0.25) is 0 Å². The average Bonchev–Trinajstić information content (AvgIpc) is 2.69. The van der Waals surface area contributed by atoms with Gasteiger partial charge in [0.15, 0.2) is 0 Å². The van der Waals surface area contributed by atoms with E-state index < -0.39 is 11.2 Å². The van der Waals surface area contributed by atoms with Crippen molar-refractivity contribution in [2.24, 2.45) is 14.1 Å². The Kier molecular flexibility index (Phi) is 6.40. The lowest BCUT2D eigenvalue weighted by Crippen LogP contribution is -2.38. The Labute approximate surface area is 178 Å². The molecule has 0 radical (unpaired) electrons. The molecule has 0 aliphatic carbocycles. The molecule has 8 nitrogen and oxygen atoms in total. The second-order valence-electron chi connectivity index (χ2n) is 6.71. The molecule has 10 heteroatoms. The fraction of sp³-hybridized carbons (Fsp3) is 0.263. The van der Waals surface area contributed by atoms with E-state index in [0.717, 1.165) is 28.7 Å². The van der Waals surface area contributed by atoms with Crippen LogP contribution in [0.1, 0.15) is 22.3 Å². The van der Waals surface area contributed by atoms with Gasteiger partial charge in [0, 0.05) is 38.2 Å². The second kappa shape index (κ2) is 8.26. The zero-order chi connectivity index (χ0) is 19.3. The van der Waals surface area contributed by atoms with E-state index in [1.54, 1.807) is 11.9 Å². The monoisotopic (exact) mass is 437 g/mol. The number of aryl methyl sites for hydroxylation is 1. The molecule has 4 rings (SSSR count). The highest BCUT2D eigenvalue weighted by Crippen LogP contribution is 2.32. The largest absolute Gasteiger partial charge is 0.398 e. The predicted molar refractivity (Wildman–Crippen MR) is 118 cm³/mol. The first-order chi connectivity index (χ1) is 12.9. The molecule has 0 atom stereocenters. The Hall–Kier alpha value is -2.84. The number of hydrogen-bond donors (Lipinski definition) is 1. The summed E-state index contributed by atoms with van der Waals surface area (Å²) in [6.45, 7) is 0.568. The Morgan fingerprint density at radius 1 is 1.14 bits per heavy atom. The summed E-state index contributed by atoms with van der Waals surface area (Å²) in [5.74, 6) is -0.244. The number of halogens is 2. The molecular weight excluding hydrogens is 417 g/mol. The van der Waals surface area contributed by atoms with Gasteiger partial charge in [0.1, 0.15) is 5.65 Å². The number of nitrogens with zero attached hydrogens (tertiary/aromatic N) is 4. The number of amides is 1. The fourth-order valence-electron chi connectivity index (χ4n) is 3.60. The third-order valence-corrected chi connectivity index (χ3v) is 5.07. The number of benzene rings is 1. The van der Waals surface area contributed by atoms with E-state index >= 15 is 0 Å². The highest BCUT2D eigenvalue weighted by molar-refractivity contribution is 6.08. The van der Waals surface area contributed by atoms with E-state index in [4.69, 9.17) is 5.73 Å². The van der Waals surface area contributed by atoms with Crippen molar-refractivity contribution in [1.82, 2.24) is 14.1 Å². The van der Waals surface area contributed by atoms with Crippen LogP contribution in [0.25, 0.3) is 11.0 Å². The van der Waals surface area contributed by atoms with Gasteiger partial charge in [-0.05, 0) is 36.6 Å². The minimum atomic E-state index is -0.474. The number of hydrogen-bond acceptors (Lipinski definition) is 5. The second-order valence-corrected chi connectivity index (χ2v) is 6.71. The summed E-state index contributed by atoms with van der Waals surface area (Å²) in [6.07, 6.45) is 3.04. The smallest absolute Gasteiger partial charge is 0.332 e. The van der Waals surface area contributed by atoms with Crippen LogP contribution in [0.4, 0.5) is 11.4 Å². The van der Waals surface area contributed by atoms with E-state index in [9.17, 15) is 14.4 Å². The van der Waals surface area contributed by atoms with Crippen molar-refractivity contribution < 1.29 is 4.79 Å². The van der Waals surface area contributed by atoms with Crippen molar-refractivity contribution in [2.45, 2.75) is 12.8 Å². The molecule has 3 heterocycles. The van der Waals surface area contributed by atoms with Crippen molar-refractivity contribution in [3.63, 3.8) is 0 Å². The number of carbonyl (C=O) groups excluding carboxylic acids is 1. The lowest BCUT2D eigenvalue weighted by molar-refractivity contribution is 0.0985. The van der Waals surface area contributed by atoms with E-state index in [-0.39, 0.29) is 41.8 Å². The molecule has 0 spiro atoms. The molecule has 0 fully saturated rings. The number of anilines is 2. The van der Waals surface area contributed by atoms with Crippen LogP contribution in [0.3, 0.4) is 0 Å². The highest BCUT2D eigenvalue weighted by atomic mass is 35.5. The number of carbonyl (C=O) groups is 1. The molecule has 1 aliphatic heterocycles. The van der Waals surface area contributed by atoms with Crippen LogP contribution in [0, 0.1) is 0 Å². The van der Waals surface area contributed by atoms with Crippen LogP contribution >= 0.6 is 24.8 Å². The molecule has 2 N–H and O–H groups in total. The Morgan fingerprint density at radius 3 is 2.59 bits per heavy atom. The Morgan fingerprint density at radius 2 is 1.86 bits per heavy atom. The summed E-state index contributed by atoms with van der Waals surface area (Å²) in [5, 5.41) is 0.232. The molecule has 154 valence electrons. The molecule has 1 amide bonds. The molecule has 3 aromatic rings. The Balaban J connectivity index is 0.00000150. The normalized spacial score (nSPS) is 12.7. The van der Waals surface area contributed by atoms with Gasteiger partial charge in [0.2, 0.25) is 0 Å². The van der Waals surface area contributed by atoms with Gasteiger partial charge in [-0.1, -0.05) is 6.07 Å². The summed E-state index contributed by atoms with van der Waals surface area (Å²) in [5.41, 5.74) is 8.10. The van der Waals surface area contributed by atoms with Crippen molar-refractivity contribution in [2.75, 3.05) is 17.2 Å². The van der Waals surface area contributed by atoms with Gasteiger partial charge in [-0.25, -0.2) is 9.78 Å². The summed E-state index contributed by atoms with van der Waals surface area (Å²) >= 11 is 0. The minimum Gasteiger partial charge on any atom is -0.398 e. The molecule has 0 unspecified atom stereocenters. The van der Waals surface area contributed by atoms with Crippen molar-refractivity contribution >= 4 is 53.1 Å². The number of fused-ring (bicyclic) bond motifs is 2. The van der Waals surface area contributed by atoms with Gasteiger partial charge in [0.05, 0.1) is 10.9 Å². The molecule has 0 bridgehead atoms. The average molecular weight is 438 g/mol. The standard InChI is InChI=1S/C19H19N5O3.2ClH/c1-22-16-13(18(26)23(2)19(22)27)9-11(10-21-16)17(25)24-8-4-5-12-14(20)6-3-7-15(12)24;;/h3,6-7,9-10H,4-5,8,20H2,1-2H3;2*1H. The summed E-state index contributed by atoms with van der Waals surface area (Å²) in [4.78, 5) is 43.5. The van der Waals surface area contributed by atoms with Crippen molar-refractivity contribution in [1.29, 1.82) is 0 Å². The molecule has 1 aliphatic rings. The fourth-order valence-corrected chi connectivity index (χ4v) is 3.60. The lowest BCUT2D eigenvalue weighted by atomic mass is 9.99. The molecule has 2 aromatic heterocycles. The first kappa shape index (κ1) is 22.4. The maximum Gasteiger partial charge on any atom is 0.332 e. The van der Waals surface area contributed by atoms with Gasteiger partial charge in [-0.2, -0.15) is 0 Å². The number of nitrogen functional groups attached to an aromatic ring is 1. The lowest BCUT2D eigenvalue weighted by Gasteiger charge is -2.30. The molecule has 1 aromatic carbocycles. The maximum absolute atomic E-state index is 13.1. The molecule has 0 saturated heterocycles.